The van der Waals surface area contributed by atoms with E-state index >= 15 is 0 Å². The average Bonchev–Trinajstić information content (AvgIpc) is 2.46. The normalized spacial score (nSPS) is 10.8. The maximum Gasteiger partial charge on any atom is 0.259 e. The summed E-state index contributed by atoms with van der Waals surface area (Å²) in [6.45, 7) is 10.5. The number of aryl methyl sites for hydroxylation is 2. The lowest BCUT2D eigenvalue weighted by Crippen LogP contribution is -2.26. The van der Waals surface area contributed by atoms with Crippen LogP contribution in [0.1, 0.15) is 34.9 Å². The third kappa shape index (κ3) is 2.88. The molecule has 0 spiro atoms. The second-order valence-electron chi connectivity index (χ2n) is 5.69. The van der Waals surface area contributed by atoms with Crippen LogP contribution in [-0.4, -0.2) is 14.1 Å². The predicted octanol–water partition coefficient (Wildman–Crippen LogP) is 3.26. The Hall–Kier alpha value is -1.79. The highest BCUT2D eigenvalue weighted by atomic mass is 32.1. The first-order valence-corrected chi connectivity index (χ1v) is 8.26. The van der Waals surface area contributed by atoms with E-state index in [1.807, 2.05) is 45.3 Å². The van der Waals surface area contributed by atoms with Crippen molar-refractivity contribution < 1.29 is 0 Å². The van der Waals surface area contributed by atoms with E-state index in [1.54, 1.807) is 10.6 Å². The van der Waals surface area contributed by atoms with Crippen molar-refractivity contribution in [2.45, 2.75) is 41.2 Å². The molecule has 0 saturated heterocycles. The van der Waals surface area contributed by atoms with Crippen LogP contribution >= 0.6 is 24.4 Å². The van der Waals surface area contributed by atoms with Gasteiger partial charge in [-0.15, -0.1) is 0 Å². The fourth-order valence-corrected chi connectivity index (χ4v) is 3.61. The van der Waals surface area contributed by atoms with Crippen LogP contribution in [0.15, 0.2) is 16.9 Å². The summed E-state index contributed by atoms with van der Waals surface area (Å²) in [5.41, 5.74) is 11.1. The number of aromatic nitrogens is 2. The van der Waals surface area contributed by atoms with Crippen LogP contribution in [0, 0.1) is 32.5 Å². The maximum atomic E-state index is 12.6. The summed E-state index contributed by atoms with van der Waals surface area (Å²) in [5.74, 6) is 0. The zero-order valence-corrected chi connectivity index (χ0v) is 15.7. The Labute approximate surface area is 146 Å². The highest BCUT2D eigenvalue weighted by Gasteiger charge is 2.16. The average molecular weight is 348 g/mol. The van der Waals surface area contributed by atoms with Gasteiger partial charge in [-0.3, -0.25) is 9.36 Å². The first-order valence-electron chi connectivity index (χ1n) is 7.45. The summed E-state index contributed by atoms with van der Waals surface area (Å²) in [5, 5.41) is 0. The van der Waals surface area contributed by atoms with Crippen LogP contribution in [0.4, 0.5) is 0 Å². The van der Waals surface area contributed by atoms with Crippen molar-refractivity contribution >= 4 is 29.4 Å². The second-order valence-corrected chi connectivity index (χ2v) is 6.50. The molecule has 0 aliphatic heterocycles. The molecule has 0 bridgehead atoms. The molecule has 4 nitrogen and oxygen atoms in total. The lowest BCUT2D eigenvalue weighted by Gasteiger charge is -2.20. The molecule has 0 saturated carbocycles. The van der Waals surface area contributed by atoms with Gasteiger partial charge in [-0.05, 0) is 69.6 Å². The van der Waals surface area contributed by atoms with Crippen molar-refractivity contribution in [3.05, 3.63) is 55.2 Å². The minimum Gasteiger partial charge on any atom is -0.389 e. The van der Waals surface area contributed by atoms with E-state index < -0.39 is 0 Å². The fourth-order valence-electron chi connectivity index (χ4n) is 2.95. The maximum absolute atomic E-state index is 12.6. The number of hydrogen-bond acceptors (Lipinski definition) is 3. The highest BCUT2D eigenvalue weighted by Crippen LogP contribution is 2.25. The van der Waals surface area contributed by atoms with Gasteiger partial charge in [-0.25, -0.2) is 0 Å². The summed E-state index contributed by atoms with van der Waals surface area (Å²) in [6.07, 6.45) is 0. The molecule has 0 unspecified atom stereocenters. The molecule has 0 fully saturated rings. The fraction of sp³-hybridized carbons (Fsp3) is 0.353. The number of thiocarbonyl (C=S) groups is 1. The molecule has 1 aromatic heterocycles. The van der Waals surface area contributed by atoms with Crippen LogP contribution in [-0.2, 0) is 6.54 Å². The number of nitrogens with two attached hydrogens (primary N) is 1. The molecular weight excluding hydrogens is 326 g/mol. The Morgan fingerprint density at radius 2 is 1.78 bits per heavy atom. The molecule has 1 heterocycles. The van der Waals surface area contributed by atoms with E-state index in [1.165, 1.54) is 0 Å². The molecule has 0 radical (unpaired) electrons. The Balaban J connectivity index is 2.95. The van der Waals surface area contributed by atoms with Crippen LogP contribution in [0.25, 0.3) is 5.69 Å². The zero-order valence-electron chi connectivity index (χ0n) is 14.1. The molecule has 1 aromatic carbocycles. The first-order chi connectivity index (χ1) is 10.7. The second kappa shape index (κ2) is 6.37. The third-order valence-electron chi connectivity index (χ3n) is 4.26. The van der Waals surface area contributed by atoms with Crippen LogP contribution in [0.2, 0.25) is 0 Å². The van der Waals surface area contributed by atoms with Gasteiger partial charge in [-0.2, -0.15) is 0 Å². The van der Waals surface area contributed by atoms with E-state index in [9.17, 15) is 4.79 Å². The van der Waals surface area contributed by atoms with E-state index in [4.69, 9.17) is 30.2 Å². The molecule has 0 amide bonds. The first kappa shape index (κ1) is 17.6. The standard InChI is InChI=1S/C17H21N3OS2/c1-6-19-10(3)8-14(21)20(17(19)23)15-9(2)7-13(16(18)22)11(4)12(15)5/h7-8H,6H2,1-5H3,(H2,18,22). The molecule has 0 aliphatic rings. The van der Waals surface area contributed by atoms with E-state index in [0.717, 1.165) is 33.6 Å². The van der Waals surface area contributed by atoms with E-state index in [2.05, 4.69) is 0 Å². The van der Waals surface area contributed by atoms with Crippen LogP contribution in [0.3, 0.4) is 0 Å². The van der Waals surface area contributed by atoms with Gasteiger partial charge >= 0.3 is 0 Å². The molecule has 23 heavy (non-hydrogen) atoms. The van der Waals surface area contributed by atoms with Crippen molar-refractivity contribution in [1.29, 1.82) is 0 Å². The third-order valence-corrected chi connectivity index (χ3v) is 4.88. The van der Waals surface area contributed by atoms with Crippen molar-refractivity contribution in [1.82, 2.24) is 9.13 Å². The Bertz CT molecular complexity index is 923. The zero-order chi connectivity index (χ0) is 17.5. The summed E-state index contributed by atoms with van der Waals surface area (Å²) < 4.78 is 4.06. The smallest absolute Gasteiger partial charge is 0.259 e. The van der Waals surface area contributed by atoms with E-state index in [0.29, 0.717) is 16.3 Å². The van der Waals surface area contributed by atoms with Crippen molar-refractivity contribution in [3.8, 4) is 5.69 Å². The van der Waals surface area contributed by atoms with Gasteiger partial charge in [-0.1, -0.05) is 12.2 Å². The molecule has 122 valence electrons. The molecule has 2 N–H and O–H groups in total. The number of benzene rings is 1. The quantitative estimate of drug-likeness (QED) is 0.866. The van der Waals surface area contributed by atoms with Gasteiger partial charge in [0.25, 0.3) is 5.56 Å². The molecule has 6 heteroatoms. The predicted molar refractivity (Wildman–Crippen MR) is 101 cm³/mol. The molecule has 0 atom stereocenters. The number of hydrogen-bond donors (Lipinski definition) is 1. The van der Waals surface area contributed by atoms with Gasteiger partial charge in [0.15, 0.2) is 4.77 Å². The summed E-state index contributed by atoms with van der Waals surface area (Å²) in [7, 11) is 0. The van der Waals surface area contributed by atoms with Crippen molar-refractivity contribution in [2.24, 2.45) is 5.73 Å². The highest BCUT2D eigenvalue weighted by molar-refractivity contribution is 7.80. The van der Waals surface area contributed by atoms with Gasteiger partial charge in [0.2, 0.25) is 0 Å². The van der Waals surface area contributed by atoms with Gasteiger partial charge in [0.1, 0.15) is 4.99 Å². The SMILES string of the molecule is CCn1c(C)cc(=O)n(-c2c(C)cc(C(N)=S)c(C)c2C)c1=S. The van der Waals surface area contributed by atoms with Gasteiger partial charge in [0, 0.05) is 23.9 Å². The monoisotopic (exact) mass is 347 g/mol. The molecular formula is C17H21N3OS2. The number of nitrogens with zero attached hydrogens (tertiary/aromatic N) is 2. The lowest BCUT2D eigenvalue weighted by atomic mass is 9.97. The van der Waals surface area contributed by atoms with Crippen LogP contribution in [0.5, 0.6) is 0 Å². The molecule has 2 aromatic rings. The van der Waals surface area contributed by atoms with Gasteiger partial charge < -0.3 is 10.3 Å². The van der Waals surface area contributed by atoms with E-state index in [-0.39, 0.29) is 5.56 Å². The number of rotatable bonds is 3. The minimum absolute atomic E-state index is 0.120. The topological polar surface area (TPSA) is 53.0 Å². The summed E-state index contributed by atoms with van der Waals surface area (Å²) in [6, 6.07) is 3.55. The Kier molecular flexibility index (Phi) is 4.87. The van der Waals surface area contributed by atoms with Gasteiger partial charge in [0.05, 0.1) is 5.69 Å². The summed E-state index contributed by atoms with van der Waals surface area (Å²) >= 11 is 10.7. The Morgan fingerprint density at radius 1 is 1.17 bits per heavy atom. The summed E-state index contributed by atoms with van der Waals surface area (Å²) in [4.78, 5) is 13.0. The van der Waals surface area contributed by atoms with Crippen LogP contribution < -0.4 is 11.3 Å². The minimum atomic E-state index is -0.120. The van der Waals surface area contributed by atoms with Crippen molar-refractivity contribution in [2.75, 3.05) is 0 Å². The largest absolute Gasteiger partial charge is 0.389 e. The molecule has 2 rings (SSSR count). The lowest BCUT2D eigenvalue weighted by molar-refractivity contribution is 0.661. The van der Waals surface area contributed by atoms with Crippen molar-refractivity contribution in [3.63, 3.8) is 0 Å². The Morgan fingerprint density at radius 3 is 2.30 bits per heavy atom. The molecule has 0 aliphatic carbocycles.